The number of nitrogen functional groups attached to an aromatic ring is 1. The minimum Gasteiger partial charge on any atom is -0.367 e. The van der Waals surface area contributed by atoms with Crippen molar-refractivity contribution in [2.75, 3.05) is 5.73 Å². The second-order valence-corrected chi connectivity index (χ2v) is 3.81. The van der Waals surface area contributed by atoms with Crippen LogP contribution < -0.4 is 5.73 Å². The van der Waals surface area contributed by atoms with Gasteiger partial charge < -0.3 is 5.73 Å². The van der Waals surface area contributed by atoms with Crippen molar-refractivity contribution in [3.05, 3.63) is 35.4 Å². The van der Waals surface area contributed by atoms with Crippen molar-refractivity contribution in [1.29, 1.82) is 0 Å². The fourth-order valence-corrected chi connectivity index (χ4v) is 2.17. The van der Waals surface area contributed by atoms with Crippen molar-refractivity contribution in [2.45, 2.75) is 18.9 Å². The summed E-state index contributed by atoms with van der Waals surface area (Å²) in [5.41, 5.74) is 8.43. The summed E-state index contributed by atoms with van der Waals surface area (Å²) < 4.78 is 1.71. The average molecular weight is 201 g/mol. The Bertz CT molecular complexity index is 465. The van der Waals surface area contributed by atoms with Gasteiger partial charge in [-0.1, -0.05) is 29.4 Å². The Balaban J connectivity index is 1.94. The molecule has 0 saturated heterocycles. The first-order valence-electron chi connectivity index (χ1n) is 4.95. The molecule has 2 N–H and O–H groups in total. The molecule has 0 aliphatic heterocycles. The third-order valence-electron chi connectivity index (χ3n) is 2.89. The minimum atomic E-state index is 0.275. The molecule has 1 aromatic carbocycles. The molecule has 15 heavy (non-hydrogen) atoms. The predicted octanol–water partition coefficient (Wildman–Crippen LogP) is 0.595. The standard InChI is InChI=1S/C10H11N5/c11-10-12-13-14-15(10)9-5-7-3-1-2-4-8(7)6-9/h1-4,9H,5-6H2,(H2,11,12,14). The van der Waals surface area contributed by atoms with Crippen molar-refractivity contribution in [1.82, 2.24) is 20.2 Å². The van der Waals surface area contributed by atoms with E-state index >= 15 is 0 Å². The summed E-state index contributed by atoms with van der Waals surface area (Å²) in [5, 5.41) is 11.2. The molecule has 0 radical (unpaired) electrons. The molecule has 5 heteroatoms. The Morgan fingerprint density at radius 1 is 1.20 bits per heavy atom. The Kier molecular flexibility index (Phi) is 1.71. The van der Waals surface area contributed by atoms with Crippen LogP contribution in [-0.4, -0.2) is 20.2 Å². The van der Waals surface area contributed by atoms with Crippen LogP contribution in [0.3, 0.4) is 0 Å². The number of rotatable bonds is 1. The smallest absolute Gasteiger partial charge is 0.240 e. The first-order valence-corrected chi connectivity index (χ1v) is 4.95. The summed E-state index contributed by atoms with van der Waals surface area (Å²) in [6, 6.07) is 8.69. The van der Waals surface area contributed by atoms with Crippen LogP contribution in [0.1, 0.15) is 17.2 Å². The van der Waals surface area contributed by atoms with E-state index in [4.69, 9.17) is 5.73 Å². The average Bonchev–Trinajstić information content (AvgIpc) is 2.82. The molecule has 2 aromatic rings. The summed E-state index contributed by atoms with van der Waals surface area (Å²) in [6.07, 6.45) is 1.93. The lowest BCUT2D eigenvalue weighted by atomic mass is 10.1. The van der Waals surface area contributed by atoms with Crippen LogP contribution in [0.2, 0.25) is 0 Å². The van der Waals surface area contributed by atoms with Crippen LogP contribution >= 0.6 is 0 Å². The van der Waals surface area contributed by atoms with Gasteiger partial charge >= 0.3 is 0 Å². The van der Waals surface area contributed by atoms with E-state index < -0.39 is 0 Å². The third-order valence-corrected chi connectivity index (χ3v) is 2.89. The molecule has 76 valence electrons. The molecule has 5 nitrogen and oxygen atoms in total. The number of hydrogen-bond donors (Lipinski definition) is 1. The molecule has 1 aliphatic rings. The first kappa shape index (κ1) is 8.40. The van der Waals surface area contributed by atoms with Crippen molar-refractivity contribution in [3.63, 3.8) is 0 Å². The molecule has 0 fully saturated rings. The van der Waals surface area contributed by atoms with Gasteiger partial charge in [-0.05, 0) is 34.4 Å². The number of tetrazole rings is 1. The van der Waals surface area contributed by atoms with Gasteiger partial charge in [0.2, 0.25) is 5.95 Å². The highest BCUT2D eigenvalue weighted by Gasteiger charge is 2.24. The second-order valence-electron chi connectivity index (χ2n) is 3.81. The number of fused-ring (bicyclic) bond motifs is 1. The molecule has 0 atom stereocenters. The number of nitrogens with two attached hydrogens (primary N) is 1. The van der Waals surface area contributed by atoms with Crippen molar-refractivity contribution < 1.29 is 0 Å². The van der Waals surface area contributed by atoms with E-state index in [0.29, 0.717) is 5.95 Å². The zero-order chi connectivity index (χ0) is 10.3. The van der Waals surface area contributed by atoms with Gasteiger partial charge in [0, 0.05) is 0 Å². The van der Waals surface area contributed by atoms with Crippen LogP contribution in [0.4, 0.5) is 5.95 Å². The lowest BCUT2D eigenvalue weighted by Gasteiger charge is -2.08. The lowest BCUT2D eigenvalue weighted by Crippen LogP contribution is -2.13. The molecule has 0 bridgehead atoms. The molecule has 1 aliphatic carbocycles. The normalized spacial score (nSPS) is 15.5. The molecular weight excluding hydrogens is 190 g/mol. The van der Waals surface area contributed by atoms with Crippen molar-refractivity contribution >= 4 is 5.95 Å². The van der Waals surface area contributed by atoms with E-state index in [0.717, 1.165) is 12.8 Å². The second kappa shape index (κ2) is 3.05. The number of benzene rings is 1. The van der Waals surface area contributed by atoms with Crippen LogP contribution in [0.5, 0.6) is 0 Å². The van der Waals surface area contributed by atoms with Crippen molar-refractivity contribution in [3.8, 4) is 0 Å². The Morgan fingerprint density at radius 3 is 2.40 bits per heavy atom. The van der Waals surface area contributed by atoms with Gasteiger partial charge in [0.05, 0.1) is 6.04 Å². The lowest BCUT2D eigenvalue weighted by molar-refractivity contribution is 0.468. The molecular formula is C10H11N5. The maximum atomic E-state index is 5.68. The van der Waals surface area contributed by atoms with Gasteiger partial charge in [-0.15, -0.1) is 0 Å². The Labute approximate surface area is 86.9 Å². The maximum absolute atomic E-state index is 5.68. The first-order chi connectivity index (χ1) is 7.34. The van der Waals surface area contributed by atoms with Crippen LogP contribution in [0, 0.1) is 0 Å². The van der Waals surface area contributed by atoms with Gasteiger partial charge in [-0.25, -0.2) is 4.68 Å². The number of aromatic nitrogens is 4. The van der Waals surface area contributed by atoms with E-state index in [9.17, 15) is 0 Å². The fraction of sp³-hybridized carbons (Fsp3) is 0.300. The van der Waals surface area contributed by atoms with E-state index in [2.05, 4.69) is 39.8 Å². The van der Waals surface area contributed by atoms with E-state index in [1.807, 2.05) is 0 Å². The van der Waals surface area contributed by atoms with Gasteiger partial charge in [-0.2, -0.15) is 0 Å². The molecule has 1 aromatic heterocycles. The van der Waals surface area contributed by atoms with Gasteiger partial charge in [0.1, 0.15) is 0 Å². The SMILES string of the molecule is Nc1nnnn1C1Cc2ccccc2C1. The summed E-state index contributed by atoms with van der Waals surface area (Å²) in [5.74, 6) is 0.396. The topological polar surface area (TPSA) is 69.6 Å². The Hall–Kier alpha value is -1.91. The zero-order valence-electron chi connectivity index (χ0n) is 8.17. The molecule has 1 heterocycles. The highest BCUT2D eigenvalue weighted by atomic mass is 15.6. The molecule has 0 unspecified atom stereocenters. The van der Waals surface area contributed by atoms with Gasteiger partial charge in [-0.3, -0.25) is 0 Å². The van der Waals surface area contributed by atoms with Gasteiger partial charge in [0.25, 0.3) is 0 Å². The third kappa shape index (κ3) is 1.27. The largest absolute Gasteiger partial charge is 0.367 e. The predicted molar refractivity (Wildman–Crippen MR) is 55.1 cm³/mol. The summed E-state index contributed by atoms with van der Waals surface area (Å²) in [4.78, 5) is 0. The highest BCUT2D eigenvalue weighted by Crippen LogP contribution is 2.29. The van der Waals surface area contributed by atoms with Crippen LogP contribution in [-0.2, 0) is 12.8 Å². The molecule has 0 spiro atoms. The fourth-order valence-electron chi connectivity index (χ4n) is 2.17. The minimum absolute atomic E-state index is 0.275. The number of nitrogens with zero attached hydrogens (tertiary/aromatic N) is 4. The van der Waals surface area contributed by atoms with Gasteiger partial charge in [0.15, 0.2) is 0 Å². The van der Waals surface area contributed by atoms with E-state index in [-0.39, 0.29) is 6.04 Å². The maximum Gasteiger partial charge on any atom is 0.240 e. The number of hydrogen-bond acceptors (Lipinski definition) is 4. The molecule has 0 saturated carbocycles. The molecule has 3 rings (SSSR count). The summed E-state index contributed by atoms with van der Waals surface area (Å²) >= 11 is 0. The van der Waals surface area contributed by atoms with E-state index in [1.54, 1.807) is 4.68 Å². The van der Waals surface area contributed by atoms with Crippen molar-refractivity contribution in [2.24, 2.45) is 0 Å². The Morgan fingerprint density at radius 2 is 1.87 bits per heavy atom. The summed E-state index contributed by atoms with van der Waals surface area (Å²) in [7, 11) is 0. The van der Waals surface area contributed by atoms with Crippen LogP contribution in [0.25, 0.3) is 0 Å². The quantitative estimate of drug-likeness (QED) is 0.733. The highest BCUT2D eigenvalue weighted by molar-refractivity contribution is 5.33. The monoisotopic (exact) mass is 201 g/mol. The summed E-state index contributed by atoms with van der Waals surface area (Å²) in [6.45, 7) is 0. The van der Waals surface area contributed by atoms with E-state index in [1.165, 1.54) is 11.1 Å². The molecule has 0 amide bonds. The number of anilines is 1. The van der Waals surface area contributed by atoms with Crippen LogP contribution in [0.15, 0.2) is 24.3 Å². The zero-order valence-corrected chi connectivity index (χ0v) is 8.17.